The first kappa shape index (κ1) is 18.6. The number of nitrogens with zero attached hydrogens (tertiary/aromatic N) is 4. The molecule has 1 aromatic carbocycles. The van der Waals surface area contributed by atoms with Crippen molar-refractivity contribution in [2.75, 3.05) is 39.4 Å². The number of hydrogen-bond acceptors (Lipinski definition) is 5. The maximum absolute atomic E-state index is 13.1. The number of halogens is 1. The number of aromatic nitrogens is 2. The third-order valence-electron chi connectivity index (χ3n) is 4.93. The molecule has 1 atom stereocenters. The summed E-state index contributed by atoms with van der Waals surface area (Å²) < 4.78 is 26.4. The van der Waals surface area contributed by atoms with E-state index in [-0.39, 0.29) is 24.9 Å². The summed E-state index contributed by atoms with van der Waals surface area (Å²) in [4.78, 5) is 28.8. The number of amides is 2. The standard InChI is InChI=1S/C19H21FN4O4/c1-22-11-15(10-21-22)18(26)24-7-9-28-19(13-24)12-23(6-8-27-19)17(25)14-2-4-16(20)5-3-14/h2-5,10-11H,6-9,12-13H2,1H3. The number of carbonyl (C=O) groups is 2. The molecule has 1 spiro atoms. The molecule has 8 nitrogen and oxygen atoms in total. The lowest BCUT2D eigenvalue weighted by Crippen LogP contribution is -2.63. The third kappa shape index (κ3) is 3.63. The Morgan fingerprint density at radius 1 is 1.00 bits per heavy atom. The van der Waals surface area contributed by atoms with Crippen molar-refractivity contribution in [1.82, 2.24) is 19.6 Å². The summed E-state index contributed by atoms with van der Waals surface area (Å²) in [5, 5.41) is 4.04. The van der Waals surface area contributed by atoms with Crippen LogP contribution in [0.1, 0.15) is 20.7 Å². The number of morpholine rings is 2. The number of aryl methyl sites for hydroxylation is 1. The molecular formula is C19H21FN4O4. The predicted molar refractivity (Wildman–Crippen MR) is 96.1 cm³/mol. The summed E-state index contributed by atoms with van der Waals surface area (Å²) in [6, 6.07) is 5.43. The molecule has 1 unspecified atom stereocenters. The van der Waals surface area contributed by atoms with Gasteiger partial charge in [0.05, 0.1) is 38.1 Å². The second-order valence-corrected chi connectivity index (χ2v) is 6.97. The van der Waals surface area contributed by atoms with Crippen LogP contribution in [0.25, 0.3) is 0 Å². The molecule has 2 aromatic rings. The fraction of sp³-hybridized carbons (Fsp3) is 0.421. The molecule has 0 aliphatic carbocycles. The van der Waals surface area contributed by atoms with Gasteiger partial charge in [-0.2, -0.15) is 5.10 Å². The van der Waals surface area contributed by atoms with E-state index in [1.807, 2.05) is 0 Å². The van der Waals surface area contributed by atoms with Crippen LogP contribution in [0.5, 0.6) is 0 Å². The van der Waals surface area contributed by atoms with Crippen LogP contribution in [0.4, 0.5) is 4.39 Å². The van der Waals surface area contributed by atoms with E-state index in [9.17, 15) is 14.0 Å². The summed E-state index contributed by atoms with van der Waals surface area (Å²) in [5.74, 6) is -1.83. The SMILES string of the molecule is Cn1cc(C(=O)N2CCOC3(CN(C(=O)c4ccc(F)cc4)CCO3)C2)cn1. The van der Waals surface area contributed by atoms with Gasteiger partial charge in [-0.05, 0) is 24.3 Å². The van der Waals surface area contributed by atoms with Crippen molar-refractivity contribution in [3.05, 3.63) is 53.6 Å². The summed E-state index contributed by atoms with van der Waals surface area (Å²) in [5.41, 5.74) is 0.896. The van der Waals surface area contributed by atoms with Crippen molar-refractivity contribution >= 4 is 11.8 Å². The molecule has 0 saturated carbocycles. The van der Waals surface area contributed by atoms with E-state index < -0.39 is 11.6 Å². The maximum Gasteiger partial charge on any atom is 0.257 e. The quantitative estimate of drug-likeness (QED) is 0.764. The summed E-state index contributed by atoms with van der Waals surface area (Å²) in [6.45, 7) is 1.85. The highest BCUT2D eigenvalue weighted by Gasteiger charge is 2.44. The molecular weight excluding hydrogens is 367 g/mol. The molecule has 3 heterocycles. The molecule has 0 bridgehead atoms. The van der Waals surface area contributed by atoms with E-state index in [1.165, 1.54) is 30.5 Å². The van der Waals surface area contributed by atoms with Gasteiger partial charge < -0.3 is 19.3 Å². The molecule has 2 aliphatic heterocycles. The highest BCUT2D eigenvalue weighted by molar-refractivity contribution is 5.94. The van der Waals surface area contributed by atoms with Crippen LogP contribution in [-0.2, 0) is 16.5 Å². The molecule has 2 aliphatic rings. The van der Waals surface area contributed by atoms with Crippen LogP contribution >= 0.6 is 0 Å². The van der Waals surface area contributed by atoms with Gasteiger partial charge in [0.2, 0.25) is 5.79 Å². The third-order valence-corrected chi connectivity index (χ3v) is 4.93. The van der Waals surface area contributed by atoms with E-state index in [2.05, 4.69) is 5.10 Å². The molecule has 2 amide bonds. The second-order valence-electron chi connectivity index (χ2n) is 6.97. The van der Waals surface area contributed by atoms with Gasteiger partial charge >= 0.3 is 0 Å². The first-order valence-electron chi connectivity index (χ1n) is 9.06. The Morgan fingerprint density at radius 3 is 2.11 bits per heavy atom. The molecule has 28 heavy (non-hydrogen) atoms. The summed E-state index contributed by atoms with van der Waals surface area (Å²) in [7, 11) is 1.75. The van der Waals surface area contributed by atoms with Crippen LogP contribution in [-0.4, -0.2) is 76.6 Å². The highest BCUT2D eigenvalue weighted by Crippen LogP contribution is 2.26. The van der Waals surface area contributed by atoms with E-state index in [0.717, 1.165) is 0 Å². The summed E-state index contributed by atoms with van der Waals surface area (Å²) in [6.07, 6.45) is 3.19. The Kier molecular flexibility index (Phi) is 4.86. The van der Waals surface area contributed by atoms with Gasteiger partial charge in [-0.25, -0.2) is 4.39 Å². The Balaban J connectivity index is 1.48. The Morgan fingerprint density at radius 2 is 1.57 bits per heavy atom. The molecule has 1 aromatic heterocycles. The van der Waals surface area contributed by atoms with Crippen LogP contribution in [0.3, 0.4) is 0 Å². The van der Waals surface area contributed by atoms with Gasteiger partial charge in [-0.3, -0.25) is 14.3 Å². The van der Waals surface area contributed by atoms with Crippen molar-refractivity contribution in [2.45, 2.75) is 5.79 Å². The van der Waals surface area contributed by atoms with E-state index in [4.69, 9.17) is 9.47 Å². The van der Waals surface area contributed by atoms with E-state index in [1.54, 1.807) is 27.7 Å². The van der Waals surface area contributed by atoms with E-state index >= 15 is 0 Å². The molecule has 4 rings (SSSR count). The lowest BCUT2D eigenvalue weighted by atomic mass is 10.1. The zero-order valence-corrected chi connectivity index (χ0v) is 15.5. The minimum atomic E-state index is -1.07. The first-order chi connectivity index (χ1) is 13.5. The van der Waals surface area contributed by atoms with Crippen LogP contribution < -0.4 is 0 Å². The lowest BCUT2D eigenvalue weighted by Gasteiger charge is -2.47. The van der Waals surface area contributed by atoms with E-state index in [0.29, 0.717) is 37.4 Å². The zero-order chi connectivity index (χ0) is 19.7. The van der Waals surface area contributed by atoms with Crippen molar-refractivity contribution in [2.24, 2.45) is 7.05 Å². The molecule has 148 valence electrons. The number of benzene rings is 1. The molecule has 9 heteroatoms. The van der Waals surface area contributed by atoms with Gasteiger partial charge in [0.25, 0.3) is 11.8 Å². The molecule has 0 N–H and O–H groups in total. The smallest absolute Gasteiger partial charge is 0.257 e. The van der Waals surface area contributed by atoms with Crippen LogP contribution in [0.15, 0.2) is 36.7 Å². The second kappa shape index (κ2) is 7.33. The minimum absolute atomic E-state index is 0.152. The van der Waals surface area contributed by atoms with Gasteiger partial charge in [0, 0.05) is 31.9 Å². The average molecular weight is 388 g/mol. The number of hydrogen-bond donors (Lipinski definition) is 0. The van der Waals surface area contributed by atoms with Crippen molar-refractivity contribution in [3.63, 3.8) is 0 Å². The van der Waals surface area contributed by atoms with Crippen molar-refractivity contribution < 1.29 is 23.5 Å². The van der Waals surface area contributed by atoms with Crippen molar-refractivity contribution in [3.8, 4) is 0 Å². The van der Waals surface area contributed by atoms with Gasteiger partial charge in [0.15, 0.2) is 0 Å². The molecule has 2 fully saturated rings. The number of ether oxygens (including phenoxy) is 2. The largest absolute Gasteiger partial charge is 0.345 e. The Labute approximate surface area is 161 Å². The highest BCUT2D eigenvalue weighted by atomic mass is 19.1. The van der Waals surface area contributed by atoms with Gasteiger partial charge in [0.1, 0.15) is 5.82 Å². The van der Waals surface area contributed by atoms with Crippen LogP contribution in [0.2, 0.25) is 0 Å². The van der Waals surface area contributed by atoms with Crippen molar-refractivity contribution in [1.29, 1.82) is 0 Å². The van der Waals surface area contributed by atoms with Gasteiger partial charge in [-0.1, -0.05) is 0 Å². The number of rotatable bonds is 2. The Hall–Kier alpha value is -2.78. The first-order valence-corrected chi connectivity index (χ1v) is 9.06. The molecule has 2 saturated heterocycles. The maximum atomic E-state index is 13.1. The monoisotopic (exact) mass is 388 g/mol. The fourth-order valence-corrected chi connectivity index (χ4v) is 3.53. The number of carbonyl (C=O) groups excluding carboxylic acids is 2. The van der Waals surface area contributed by atoms with Gasteiger partial charge in [-0.15, -0.1) is 0 Å². The normalized spacial score (nSPS) is 22.5. The minimum Gasteiger partial charge on any atom is -0.345 e. The Bertz CT molecular complexity index is 880. The fourth-order valence-electron chi connectivity index (χ4n) is 3.53. The summed E-state index contributed by atoms with van der Waals surface area (Å²) >= 11 is 0. The average Bonchev–Trinajstić information content (AvgIpc) is 3.14. The lowest BCUT2D eigenvalue weighted by molar-refractivity contribution is -0.282. The topological polar surface area (TPSA) is 76.9 Å². The predicted octanol–water partition coefficient (Wildman–Crippen LogP) is 0.900. The van der Waals surface area contributed by atoms with Crippen LogP contribution in [0, 0.1) is 5.82 Å². The zero-order valence-electron chi connectivity index (χ0n) is 15.5. The molecule has 0 radical (unpaired) electrons.